The average molecular weight is 489 g/mol. The van der Waals surface area contributed by atoms with E-state index in [4.69, 9.17) is 13.9 Å². The Morgan fingerprint density at radius 2 is 1.89 bits per heavy atom. The highest BCUT2D eigenvalue weighted by Gasteiger charge is 2.10. The van der Waals surface area contributed by atoms with Gasteiger partial charge in [0.15, 0.2) is 5.96 Å². The number of fused-ring (bicyclic) bond motifs is 1. The molecule has 6 nitrogen and oxygen atoms in total. The molecule has 1 heterocycles. The van der Waals surface area contributed by atoms with Crippen LogP contribution in [0.4, 0.5) is 0 Å². The van der Waals surface area contributed by atoms with Crippen LogP contribution in [0.25, 0.3) is 11.0 Å². The van der Waals surface area contributed by atoms with E-state index in [1.807, 2.05) is 30.1 Å². The van der Waals surface area contributed by atoms with E-state index in [2.05, 4.69) is 29.4 Å². The van der Waals surface area contributed by atoms with Gasteiger partial charge in [0.2, 0.25) is 0 Å². The zero-order valence-corrected chi connectivity index (χ0v) is 18.9. The van der Waals surface area contributed by atoms with Gasteiger partial charge in [-0.1, -0.05) is 31.5 Å². The van der Waals surface area contributed by atoms with Crippen LogP contribution in [0, 0.1) is 0 Å². The van der Waals surface area contributed by atoms with Gasteiger partial charge in [0.05, 0.1) is 26.4 Å². The van der Waals surface area contributed by atoms with Gasteiger partial charge in [-0.3, -0.25) is 4.99 Å². The summed E-state index contributed by atoms with van der Waals surface area (Å²) in [5, 5.41) is 4.42. The molecule has 2 rings (SSSR count). The maximum atomic E-state index is 5.87. The lowest BCUT2D eigenvalue weighted by atomic mass is 10.2. The van der Waals surface area contributed by atoms with Gasteiger partial charge in [0.25, 0.3) is 0 Å². The van der Waals surface area contributed by atoms with Crippen LogP contribution in [0.3, 0.4) is 0 Å². The molecule has 0 unspecified atom stereocenters. The minimum Gasteiger partial charge on any atom is -0.459 e. The van der Waals surface area contributed by atoms with E-state index in [9.17, 15) is 0 Å². The molecule has 7 heteroatoms. The number of nitrogens with one attached hydrogen (secondary N) is 1. The number of ether oxygens (including phenoxy) is 2. The topological polar surface area (TPSA) is 59.2 Å². The molecule has 0 fully saturated rings. The quantitative estimate of drug-likeness (QED) is 0.225. The zero-order chi connectivity index (χ0) is 18.6. The fourth-order valence-electron chi connectivity index (χ4n) is 2.61. The fourth-order valence-corrected chi connectivity index (χ4v) is 2.61. The Balaban J connectivity index is 0.00000364. The maximum absolute atomic E-state index is 5.87. The van der Waals surface area contributed by atoms with Gasteiger partial charge < -0.3 is 24.1 Å². The van der Waals surface area contributed by atoms with Crippen molar-refractivity contribution in [3.8, 4) is 0 Å². The van der Waals surface area contributed by atoms with Crippen LogP contribution in [0.5, 0.6) is 0 Å². The second kappa shape index (κ2) is 13.8. The number of para-hydroxylation sites is 1. The average Bonchev–Trinajstić information content (AvgIpc) is 3.05. The van der Waals surface area contributed by atoms with E-state index in [-0.39, 0.29) is 24.0 Å². The third kappa shape index (κ3) is 8.49. The standard InChI is InChI=1S/C20H31N3O3.HI/c1-4-5-11-24-13-14-25-12-10-22-20(21-2)23(3)16-18-15-17-8-6-7-9-19(17)26-18;/h6-9,15H,4-5,10-14,16H2,1-3H3,(H,21,22);1H. The van der Waals surface area contributed by atoms with Crippen molar-refractivity contribution in [1.29, 1.82) is 0 Å². The minimum atomic E-state index is 0. The summed E-state index contributed by atoms with van der Waals surface area (Å²) in [5.41, 5.74) is 0.911. The van der Waals surface area contributed by atoms with Crippen molar-refractivity contribution in [2.75, 3.05) is 47.1 Å². The summed E-state index contributed by atoms with van der Waals surface area (Å²) < 4.78 is 16.9. The molecule has 0 spiro atoms. The van der Waals surface area contributed by atoms with E-state index in [1.54, 1.807) is 7.05 Å². The summed E-state index contributed by atoms with van der Waals surface area (Å²) in [5.74, 6) is 1.73. The Kier molecular flexibility index (Phi) is 12.1. The first-order valence-electron chi connectivity index (χ1n) is 9.29. The van der Waals surface area contributed by atoms with Crippen molar-refractivity contribution in [1.82, 2.24) is 10.2 Å². The number of nitrogens with zero attached hydrogens (tertiary/aromatic N) is 2. The van der Waals surface area contributed by atoms with Crippen molar-refractivity contribution in [2.24, 2.45) is 4.99 Å². The molecule has 1 aromatic carbocycles. The zero-order valence-electron chi connectivity index (χ0n) is 16.6. The highest BCUT2D eigenvalue weighted by Crippen LogP contribution is 2.19. The van der Waals surface area contributed by atoms with Crippen molar-refractivity contribution in [3.63, 3.8) is 0 Å². The molecule has 1 aromatic heterocycles. The number of unbranched alkanes of at least 4 members (excludes halogenated alkanes) is 1. The van der Waals surface area contributed by atoms with E-state index < -0.39 is 0 Å². The third-order valence-corrected chi connectivity index (χ3v) is 3.99. The number of hydrogen-bond donors (Lipinski definition) is 1. The first-order chi connectivity index (χ1) is 12.7. The highest BCUT2D eigenvalue weighted by molar-refractivity contribution is 14.0. The first kappa shape index (κ1) is 23.7. The van der Waals surface area contributed by atoms with Crippen molar-refractivity contribution in [3.05, 3.63) is 36.1 Å². The van der Waals surface area contributed by atoms with Crippen LogP contribution in [-0.2, 0) is 16.0 Å². The Bertz CT molecular complexity index is 642. The molecule has 0 saturated heterocycles. The normalized spacial score (nSPS) is 11.4. The molecule has 0 bridgehead atoms. The summed E-state index contributed by atoms with van der Waals surface area (Å²) >= 11 is 0. The molecule has 152 valence electrons. The first-order valence-corrected chi connectivity index (χ1v) is 9.29. The summed E-state index contributed by atoms with van der Waals surface area (Å²) in [7, 11) is 3.77. The smallest absolute Gasteiger partial charge is 0.193 e. The van der Waals surface area contributed by atoms with E-state index in [1.165, 1.54) is 0 Å². The van der Waals surface area contributed by atoms with Crippen LogP contribution in [0.2, 0.25) is 0 Å². The Hall–Kier alpha value is -1.32. The third-order valence-electron chi connectivity index (χ3n) is 3.99. The monoisotopic (exact) mass is 489 g/mol. The number of benzene rings is 1. The molecule has 0 saturated carbocycles. The fraction of sp³-hybridized carbons (Fsp3) is 0.550. The van der Waals surface area contributed by atoms with Crippen LogP contribution in [0.15, 0.2) is 39.7 Å². The number of guanidine groups is 1. The van der Waals surface area contributed by atoms with Crippen molar-refractivity contribution >= 4 is 40.9 Å². The lowest BCUT2D eigenvalue weighted by Crippen LogP contribution is -2.39. The summed E-state index contributed by atoms with van der Waals surface area (Å²) in [6, 6.07) is 10.1. The molecule has 0 amide bonds. The van der Waals surface area contributed by atoms with Gasteiger partial charge in [-0.25, -0.2) is 0 Å². The predicted molar refractivity (Wildman–Crippen MR) is 121 cm³/mol. The number of rotatable bonds is 11. The minimum absolute atomic E-state index is 0. The Morgan fingerprint density at radius 3 is 2.59 bits per heavy atom. The SMILES string of the molecule is CCCCOCCOCCNC(=NC)N(C)Cc1cc2ccccc2o1.I. The number of aliphatic imine (C=N–C) groups is 1. The molecule has 27 heavy (non-hydrogen) atoms. The van der Waals surface area contributed by atoms with Gasteiger partial charge in [-0.05, 0) is 18.6 Å². The van der Waals surface area contributed by atoms with Gasteiger partial charge in [0.1, 0.15) is 11.3 Å². The highest BCUT2D eigenvalue weighted by atomic mass is 127. The molecular weight excluding hydrogens is 457 g/mol. The molecule has 0 aliphatic carbocycles. The van der Waals surface area contributed by atoms with Gasteiger partial charge in [-0.2, -0.15) is 0 Å². The van der Waals surface area contributed by atoms with Crippen molar-refractivity contribution in [2.45, 2.75) is 26.3 Å². The van der Waals surface area contributed by atoms with Crippen LogP contribution in [-0.4, -0.2) is 57.9 Å². The van der Waals surface area contributed by atoms with Gasteiger partial charge in [0, 0.05) is 32.6 Å². The molecule has 0 radical (unpaired) electrons. The summed E-state index contributed by atoms with van der Waals surface area (Å²) in [6.45, 7) is 6.22. The molecule has 2 aromatic rings. The largest absolute Gasteiger partial charge is 0.459 e. The van der Waals surface area contributed by atoms with E-state index in [0.29, 0.717) is 32.9 Å². The van der Waals surface area contributed by atoms with Crippen LogP contribution >= 0.6 is 24.0 Å². The molecule has 0 atom stereocenters. The summed E-state index contributed by atoms with van der Waals surface area (Å²) in [4.78, 5) is 6.35. The summed E-state index contributed by atoms with van der Waals surface area (Å²) in [6.07, 6.45) is 2.26. The van der Waals surface area contributed by atoms with Crippen LogP contribution in [0.1, 0.15) is 25.5 Å². The second-order valence-corrected chi connectivity index (χ2v) is 6.16. The van der Waals surface area contributed by atoms with E-state index >= 15 is 0 Å². The molecule has 0 aliphatic heterocycles. The van der Waals surface area contributed by atoms with Crippen molar-refractivity contribution < 1.29 is 13.9 Å². The molecule has 0 aliphatic rings. The second-order valence-electron chi connectivity index (χ2n) is 6.16. The Morgan fingerprint density at radius 1 is 1.15 bits per heavy atom. The van der Waals surface area contributed by atoms with Crippen LogP contribution < -0.4 is 5.32 Å². The predicted octanol–water partition coefficient (Wildman–Crippen LogP) is 3.89. The molecular formula is C20H32IN3O3. The number of hydrogen-bond acceptors (Lipinski definition) is 4. The number of halogens is 1. The van der Waals surface area contributed by atoms with Gasteiger partial charge in [-0.15, -0.1) is 24.0 Å². The van der Waals surface area contributed by atoms with E-state index in [0.717, 1.165) is 42.1 Å². The Labute approximate surface area is 179 Å². The number of furan rings is 1. The lowest BCUT2D eigenvalue weighted by Gasteiger charge is -2.21. The molecule has 1 N–H and O–H groups in total. The lowest BCUT2D eigenvalue weighted by molar-refractivity contribution is 0.0486. The van der Waals surface area contributed by atoms with Gasteiger partial charge >= 0.3 is 0 Å². The maximum Gasteiger partial charge on any atom is 0.193 e.